The number of fused-ring (bicyclic) bond motifs is 1. The summed E-state index contributed by atoms with van der Waals surface area (Å²) >= 11 is 6.07. The normalized spacial score (nSPS) is 17.8. The molecule has 1 aliphatic heterocycles. The Bertz CT molecular complexity index is 865. The molecule has 1 amide bonds. The number of nitrogens with zero attached hydrogens (tertiary/aromatic N) is 1. The van der Waals surface area contributed by atoms with Crippen LogP contribution >= 0.6 is 11.6 Å². The van der Waals surface area contributed by atoms with Gasteiger partial charge in [0.15, 0.2) is 6.10 Å². The molecular weight excluding hydrogens is 366 g/mol. The summed E-state index contributed by atoms with van der Waals surface area (Å²) in [4.78, 5) is 15.1. The monoisotopic (exact) mass is 387 g/mol. The van der Waals surface area contributed by atoms with E-state index in [1.54, 1.807) is 20.3 Å². The lowest BCUT2D eigenvalue weighted by Crippen LogP contribution is -2.42. The molecule has 0 spiro atoms. The maximum atomic E-state index is 13.2. The minimum absolute atomic E-state index is 0.00898. The maximum Gasteiger partial charge on any atom is 0.264 e. The first-order valence-corrected chi connectivity index (χ1v) is 9.43. The third kappa shape index (κ3) is 3.69. The number of hydrogen-bond acceptors (Lipinski definition) is 4. The highest BCUT2D eigenvalue weighted by molar-refractivity contribution is 6.30. The van der Waals surface area contributed by atoms with Crippen LogP contribution in [0.1, 0.15) is 24.0 Å². The van der Waals surface area contributed by atoms with Crippen molar-refractivity contribution in [3.8, 4) is 17.2 Å². The highest BCUT2D eigenvalue weighted by Gasteiger charge is 2.39. The standard InChI is InChI=1S/C21H22ClNO4/c1-25-17-6-8-18(26-2)14(10-17)12-23(16-4-5-16)21(24)20-11-13-9-15(22)3-7-19(13)27-20/h3,6-10,16,20H,4-5,11-12H2,1-2H3. The molecular formula is C21H22ClNO4. The number of hydrogen-bond donors (Lipinski definition) is 0. The van der Waals surface area contributed by atoms with Gasteiger partial charge in [0, 0.05) is 29.6 Å². The predicted molar refractivity (Wildman–Crippen MR) is 103 cm³/mol. The van der Waals surface area contributed by atoms with Crippen molar-refractivity contribution in [1.29, 1.82) is 0 Å². The zero-order chi connectivity index (χ0) is 19.0. The zero-order valence-electron chi connectivity index (χ0n) is 15.4. The molecule has 2 aromatic carbocycles. The van der Waals surface area contributed by atoms with Crippen molar-refractivity contribution in [2.24, 2.45) is 0 Å². The molecule has 0 N–H and O–H groups in total. The van der Waals surface area contributed by atoms with E-state index in [0.29, 0.717) is 18.0 Å². The van der Waals surface area contributed by atoms with Crippen molar-refractivity contribution in [3.63, 3.8) is 0 Å². The van der Waals surface area contributed by atoms with Crippen LogP contribution in [0, 0.1) is 0 Å². The summed E-state index contributed by atoms with van der Waals surface area (Å²) in [6.45, 7) is 0.473. The number of carbonyl (C=O) groups is 1. The molecule has 142 valence electrons. The second-order valence-electron chi connectivity index (χ2n) is 6.94. The van der Waals surface area contributed by atoms with Crippen molar-refractivity contribution in [3.05, 3.63) is 52.5 Å². The van der Waals surface area contributed by atoms with Crippen molar-refractivity contribution in [1.82, 2.24) is 4.90 Å². The molecule has 0 radical (unpaired) electrons. The molecule has 1 atom stereocenters. The smallest absolute Gasteiger partial charge is 0.264 e. The fraction of sp³-hybridized carbons (Fsp3) is 0.381. The molecule has 0 bridgehead atoms. The van der Waals surface area contributed by atoms with Gasteiger partial charge >= 0.3 is 0 Å². The molecule has 1 fully saturated rings. The number of benzene rings is 2. The SMILES string of the molecule is COc1ccc(OC)c(CN(C(=O)C2Cc3cc(Cl)ccc3O2)C2CC2)c1. The van der Waals surface area contributed by atoms with E-state index < -0.39 is 6.10 Å². The first kappa shape index (κ1) is 18.0. The second kappa shape index (κ2) is 7.31. The van der Waals surface area contributed by atoms with Crippen LogP contribution in [-0.2, 0) is 17.8 Å². The maximum absolute atomic E-state index is 13.2. The Morgan fingerprint density at radius 3 is 2.70 bits per heavy atom. The van der Waals surface area contributed by atoms with E-state index in [9.17, 15) is 4.79 Å². The molecule has 27 heavy (non-hydrogen) atoms. The molecule has 2 aliphatic rings. The minimum Gasteiger partial charge on any atom is -0.497 e. The number of halogens is 1. The molecule has 2 aromatic rings. The number of amides is 1. The Kier molecular flexibility index (Phi) is 4.87. The van der Waals surface area contributed by atoms with Crippen LogP contribution in [0.3, 0.4) is 0 Å². The molecule has 0 saturated heterocycles. The molecule has 5 nitrogen and oxygen atoms in total. The largest absolute Gasteiger partial charge is 0.497 e. The summed E-state index contributed by atoms with van der Waals surface area (Å²) in [7, 11) is 3.26. The molecule has 1 unspecified atom stereocenters. The minimum atomic E-state index is -0.504. The Morgan fingerprint density at radius 2 is 2.00 bits per heavy atom. The molecule has 6 heteroatoms. The van der Waals surface area contributed by atoms with Gasteiger partial charge in [-0.05, 0) is 54.8 Å². The van der Waals surface area contributed by atoms with Crippen molar-refractivity contribution < 1.29 is 19.0 Å². The van der Waals surface area contributed by atoms with E-state index in [-0.39, 0.29) is 11.9 Å². The van der Waals surface area contributed by atoms with Gasteiger partial charge in [0.05, 0.1) is 14.2 Å². The van der Waals surface area contributed by atoms with Crippen LogP contribution in [0.5, 0.6) is 17.2 Å². The van der Waals surface area contributed by atoms with Crippen molar-refractivity contribution >= 4 is 17.5 Å². The third-order valence-corrected chi connectivity index (χ3v) is 5.31. The molecule has 0 aromatic heterocycles. The van der Waals surface area contributed by atoms with Crippen LogP contribution in [-0.4, -0.2) is 37.2 Å². The van der Waals surface area contributed by atoms with Gasteiger partial charge in [0.2, 0.25) is 0 Å². The Morgan fingerprint density at radius 1 is 1.19 bits per heavy atom. The number of carbonyl (C=O) groups excluding carboxylic acids is 1. The van der Waals surface area contributed by atoms with Gasteiger partial charge in [-0.15, -0.1) is 0 Å². The van der Waals surface area contributed by atoms with E-state index in [4.69, 9.17) is 25.8 Å². The summed E-state index contributed by atoms with van der Waals surface area (Å²) in [6, 6.07) is 11.4. The number of ether oxygens (including phenoxy) is 3. The first-order valence-electron chi connectivity index (χ1n) is 9.05. The lowest BCUT2D eigenvalue weighted by Gasteiger charge is -2.26. The average Bonchev–Trinajstić information content (AvgIpc) is 3.43. The summed E-state index contributed by atoms with van der Waals surface area (Å²) in [5.41, 5.74) is 1.91. The first-order chi connectivity index (χ1) is 13.1. The van der Waals surface area contributed by atoms with Crippen LogP contribution in [0.15, 0.2) is 36.4 Å². The van der Waals surface area contributed by atoms with Crippen LogP contribution in [0.2, 0.25) is 5.02 Å². The van der Waals surface area contributed by atoms with Crippen molar-refractivity contribution in [2.75, 3.05) is 14.2 Å². The average molecular weight is 388 g/mol. The van der Waals surface area contributed by atoms with E-state index in [1.165, 1.54) is 0 Å². The van der Waals surface area contributed by atoms with Gasteiger partial charge in [-0.25, -0.2) is 0 Å². The van der Waals surface area contributed by atoms with Gasteiger partial charge in [-0.3, -0.25) is 4.79 Å². The summed E-state index contributed by atoms with van der Waals surface area (Å²) in [6.07, 6.45) is 2.08. The van der Waals surface area contributed by atoms with Crippen LogP contribution in [0.4, 0.5) is 0 Å². The Balaban J connectivity index is 1.55. The van der Waals surface area contributed by atoms with Crippen LogP contribution in [0.25, 0.3) is 0 Å². The third-order valence-electron chi connectivity index (χ3n) is 5.07. The Hall–Kier alpha value is -2.40. The summed E-state index contributed by atoms with van der Waals surface area (Å²) in [5.74, 6) is 2.24. The predicted octanol–water partition coefficient (Wildman–Crippen LogP) is 3.85. The molecule has 1 saturated carbocycles. The lowest BCUT2D eigenvalue weighted by molar-refractivity contribution is -0.139. The second-order valence-corrected chi connectivity index (χ2v) is 7.37. The molecule has 1 heterocycles. The van der Waals surface area contributed by atoms with Gasteiger partial charge in [-0.1, -0.05) is 11.6 Å². The van der Waals surface area contributed by atoms with Gasteiger partial charge in [0.25, 0.3) is 5.91 Å². The van der Waals surface area contributed by atoms with Gasteiger partial charge in [-0.2, -0.15) is 0 Å². The fourth-order valence-corrected chi connectivity index (χ4v) is 3.70. The Labute approximate surface area is 163 Å². The number of rotatable bonds is 6. The highest BCUT2D eigenvalue weighted by Crippen LogP contribution is 2.36. The van der Waals surface area contributed by atoms with E-state index in [0.717, 1.165) is 41.2 Å². The van der Waals surface area contributed by atoms with E-state index in [2.05, 4.69) is 0 Å². The molecule has 1 aliphatic carbocycles. The number of methoxy groups -OCH3 is 2. The van der Waals surface area contributed by atoms with E-state index in [1.807, 2.05) is 35.2 Å². The van der Waals surface area contributed by atoms with Gasteiger partial charge < -0.3 is 19.1 Å². The molecule has 4 rings (SSSR count). The summed E-state index contributed by atoms with van der Waals surface area (Å²) in [5, 5.41) is 0.658. The van der Waals surface area contributed by atoms with Crippen LogP contribution < -0.4 is 14.2 Å². The quantitative estimate of drug-likeness (QED) is 0.755. The summed E-state index contributed by atoms with van der Waals surface area (Å²) < 4.78 is 16.7. The fourth-order valence-electron chi connectivity index (χ4n) is 3.50. The van der Waals surface area contributed by atoms with E-state index >= 15 is 0 Å². The topological polar surface area (TPSA) is 48.0 Å². The van der Waals surface area contributed by atoms with Crippen molar-refractivity contribution in [2.45, 2.75) is 38.0 Å². The zero-order valence-corrected chi connectivity index (χ0v) is 16.2. The lowest BCUT2D eigenvalue weighted by atomic mass is 10.1. The highest BCUT2D eigenvalue weighted by atomic mass is 35.5. The van der Waals surface area contributed by atoms with Gasteiger partial charge in [0.1, 0.15) is 17.2 Å².